The zero-order chi connectivity index (χ0) is 15.9. The topological polar surface area (TPSA) is 66.5 Å². The summed E-state index contributed by atoms with van der Waals surface area (Å²) in [6, 6.07) is 6.77. The van der Waals surface area contributed by atoms with Crippen LogP contribution in [-0.4, -0.2) is 34.7 Å². The van der Waals surface area contributed by atoms with Crippen LogP contribution in [0.4, 0.5) is 4.79 Å². The Bertz CT molecular complexity index is 651. The van der Waals surface area contributed by atoms with Gasteiger partial charge in [-0.2, -0.15) is 0 Å². The van der Waals surface area contributed by atoms with E-state index in [0.29, 0.717) is 12.0 Å². The van der Waals surface area contributed by atoms with Gasteiger partial charge in [0.2, 0.25) is 0 Å². The van der Waals surface area contributed by atoms with Gasteiger partial charge in [-0.05, 0) is 37.7 Å². The fraction of sp³-hybridized carbons (Fsp3) is 0.471. The van der Waals surface area contributed by atoms with Crippen molar-refractivity contribution in [3.8, 4) is 0 Å². The smallest absolute Gasteiger partial charge is 0.323 e. The van der Waals surface area contributed by atoms with Crippen molar-refractivity contribution in [3.63, 3.8) is 0 Å². The van der Waals surface area contributed by atoms with Gasteiger partial charge in [-0.25, -0.2) is 4.79 Å². The molecule has 0 aromatic heterocycles. The first-order valence-corrected chi connectivity index (χ1v) is 7.72. The molecule has 1 unspecified atom stereocenters. The standard InChI is InChI=1S/C17H20N2O3/c1-3-17(12-8-9-12)15(21)19(16(22)18-17)10-14(20)13-7-5-4-6-11(13)2/h4-7,12H,3,8-10H2,1-2H3,(H,18,22). The molecule has 1 atom stereocenters. The lowest BCUT2D eigenvalue weighted by Crippen LogP contribution is -2.48. The Balaban J connectivity index is 1.81. The Hall–Kier alpha value is -2.17. The summed E-state index contributed by atoms with van der Waals surface area (Å²) in [5.74, 6) is -0.235. The van der Waals surface area contributed by atoms with Crippen LogP contribution in [0, 0.1) is 12.8 Å². The fourth-order valence-corrected chi connectivity index (χ4v) is 3.28. The predicted molar refractivity (Wildman–Crippen MR) is 81.5 cm³/mol. The van der Waals surface area contributed by atoms with Crippen LogP contribution in [0.1, 0.15) is 42.1 Å². The lowest BCUT2D eigenvalue weighted by Gasteiger charge is -2.24. The minimum atomic E-state index is -0.789. The van der Waals surface area contributed by atoms with E-state index in [1.54, 1.807) is 12.1 Å². The van der Waals surface area contributed by atoms with Crippen LogP contribution in [0.5, 0.6) is 0 Å². The lowest BCUT2D eigenvalue weighted by atomic mass is 9.90. The highest BCUT2D eigenvalue weighted by atomic mass is 16.2. The summed E-state index contributed by atoms with van der Waals surface area (Å²) < 4.78 is 0. The molecule has 5 heteroatoms. The molecular formula is C17H20N2O3. The maximum absolute atomic E-state index is 12.7. The molecule has 1 heterocycles. The molecule has 116 valence electrons. The molecule has 1 aliphatic heterocycles. The number of hydrogen-bond donors (Lipinski definition) is 1. The summed E-state index contributed by atoms with van der Waals surface area (Å²) in [6.07, 6.45) is 2.48. The summed E-state index contributed by atoms with van der Waals surface area (Å²) >= 11 is 0. The van der Waals surface area contributed by atoms with E-state index >= 15 is 0 Å². The van der Waals surface area contributed by atoms with Crippen molar-refractivity contribution in [3.05, 3.63) is 35.4 Å². The molecule has 0 bridgehead atoms. The molecule has 5 nitrogen and oxygen atoms in total. The quantitative estimate of drug-likeness (QED) is 0.670. The van der Waals surface area contributed by atoms with Crippen molar-refractivity contribution in [2.24, 2.45) is 5.92 Å². The van der Waals surface area contributed by atoms with Crippen LogP contribution in [0.3, 0.4) is 0 Å². The van der Waals surface area contributed by atoms with E-state index in [1.807, 2.05) is 26.0 Å². The van der Waals surface area contributed by atoms with E-state index in [-0.39, 0.29) is 24.2 Å². The number of aryl methyl sites for hydroxylation is 1. The summed E-state index contributed by atoms with van der Waals surface area (Å²) in [6.45, 7) is 3.56. The second-order valence-electron chi connectivity index (χ2n) is 6.16. The number of carbonyl (C=O) groups excluding carboxylic acids is 3. The summed E-state index contributed by atoms with van der Waals surface area (Å²) in [5.41, 5.74) is 0.621. The lowest BCUT2D eigenvalue weighted by molar-refractivity contribution is -0.131. The van der Waals surface area contributed by atoms with Gasteiger partial charge in [0.15, 0.2) is 5.78 Å². The molecule has 1 saturated carbocycles. The normalized spacial score (nSPS) is 24.5. The number of urea groups is 1. The van der Waals surface area contributed by atoms with Gasteiger partial charge in [-0.15, -0.1) is 0 Å². The minimum Gasteiger partial charge on any atom is -0.323 e. The zero-order valence-electron chi connectivity index (χ0n) is 12.9. The van der Waals surface area contributed by atoms with Crippen LogP contribution in [0.15, 0.2) is 24.3 Å². The molecule has 2 aliphatic rings. The number of Topliss-reactive ketones (excluding diaryl/α,β-unsaturated/α-hetero) is 1. The van der Waals surface area contributed by atoms with Gasteiger partial charge in [-0.3, -0.25) is 14.5 Å². The number of carbonyl (C=O) groups is 3. The number of benzene rings is 1. The Labute approximate surface area is 129 Å². The van der Waals surface area contributed by atoms with Gasteiger partial charge < -0.3 is 5.32 Å². The highest BCUT2D eigenvalue weighted by molar-refractivity contribution is 6.11. The Kier molecular flexibility index (Phi) is 3.51. The van der Waals surface area contributed by atoms with Crippen LogP contribution in [0.2, 0.25) is 0 Å². The molecule has 2 fully saturated rings. The van der Waals surface area contributed by atoms with Crippen molar-refractivity contribution in [2.75, 3.05) is 6.54 Å². The third-order valence-electron chi connectivity index (χ3n) is 4.78. The van der Waals surface area contributed by atoms with Crippen molar-refractivity contribution in [1.82, 2.24) is 10.2 Å². The van der Waals surface area contributed by atoms with Crippen LogP contribution in [0.25, 0.3) is 0 Å². The predicted octanol–water partition coefficient (Wildman–Crippen LogP) is 2.29. The van der Waals surface area contributed by atoms with Crippen LogP contribution < -0.4 is 5.32 Å². The second-order valence-corrected chi connectivity index (χ2v) is 6.16. The van der Waals surface area contributed by atoms with E-state index in [4.69, 9.17) is 0 Å². The molecular weight excluding hydrogens is 280 g/mol. The van der Waals surface area contributed by atoms with Crippen LogP contribution in [-0.2, 0) is 4.79 Å². The molecule has 0 spiro atoms. The minimum absolute atomic E-state index is 0.190. The molecule has 1 aromatic carbocycles. The van der Waals surface area contributed by atoms with Gasteiger partial charge in [0, 0.05) is 5.56 Å². The first-order chi connectivity index (χ1) is 10.5. The highest BCUT2D eigenvalue weighted by Gasteiger charge is 2.58. The fourth-order valence-electron chi connectivity index (χ4n) is 3.28. The van der Waals surface area contributed by atoms with Gasteiger partial charge >= 0.3 is 6.03 Å². The third-order valence-corrected chi connectivity index (χ3v) is 4.78. The molecule has 0 radical (unpaired) electrons. The number of rotatable bonds is 5. The first-order valence-electron chi connectivity index (χ1n) is 7.72. The second kappa shape index (κ2) is 5.23. The van der Waals surface area contributed by atoms with E-state index in [9.17, 15) is 14.4 Å². The van der Waals surface area contributed by atoms with Crippen molar-refractivity contribution in [1.29, 1.82) is 0 Å². The van der Waals surface area contributed by atoms with Gasteiger partial charge in [0.05, 0.1) is 6.54 Å². The molecule has 1 aliphatic carbocycles. The number of ketones is 1. The monoisotopic (exact) mass is 300 g/mol. The third kappa shape index (κ3) is 2.21. The summed E-state index contributed by atoms with van der Waals surface area (Å²) in [7, 11) is 0. The number of nitrogens with one attached hydrogen (secondary N) is 1. The highest BCUT2D eigenvalue weighted by Crippen LogP contribution is 2.44. The van der Waals surface area contributed by atoms with Gasteiger partial charge in [0.1, 0.15) is 5.54 Å². The Morgan fingerprint density at radius 3 is 2.59 bits per heavy atom. The molecule has 1 N–H and O–H groups in total. The number of imide groups is 1. The van der Waals surface area contributed by atoms with Crippen LogP contribution >= 0.6 is 0 Å². The molecule has 1 saturated heterocycles. The van der Waals surface area contributed by atoms with E-state index < -0.39 is 11.6 Å². The van der Waals surface area contributed by atoms with E-state index in [1.165, 1.54) is 0 Å². The average molecular weight is 300 g/mol. The SMILES string of the molecule is CCC1(C2CC2)NC(=O)N(CC(=O)c2ccccc2C)C1=O. The largest absolute Gasteiger partial charge is 0.325 e. The Morgan fingerprint density at radius 2 is 2.00 bits per heavy atom. The van der Waals surface area contributed by atoms with E-state index in [2.05, 4.69) is 5.32 Å². The average Bonchev–Trinajstić information content (AvgIpc) is 3.31. The van der Waals surface area contributed by atoms with Gasteiger partial charge in [-0.1, -0.05) is 31.2 Å². The zero-order valence-corrected chi connectivity index (χ0v) is 12.9. The van der Waals surface area contributed by atoms with Crippen molar-refractivity contribution >= 4 is 17.7 Å². The Morgan fingerprint density at radius 1 is 1.32 bits per heavy atom. The summed E-state index contributed by atoms with van der Waals surface area (Å²) in [5, 5.41) is 2.84. The maximum atomic E-state index is 12.7. The number of amides is 3. The van der Waals surface area contributed by atoms with E-state index in [0.717, 1.165) is 23.3 Å². The first kappa shape index (κ1) is 14.8. The molecule has 3 rings (SSSR count). The van der Waals surface area contributed by atoms with Gasteiger partial charge in [0.25, 0.3) is 5.91 Å². The number of hydrogen-bond acceptors (Lipinski definition) is 3. The molecule has 1 aromatic rings. The molecule has 22 heavy (non-hydrogen) atoms. The van der Waals surface area contributed by atoms with Crippen molar-refractivity contribution in [2.45, 2.75) is 38.6 Å². The van der Waals surface area contributed by atoms with Crippen molar-refractivity contribution < 1.29 is 14.4 Å². The molecule has 3 amide bonds. The summed E-state index contributed by atoms with van der Waals surface area (Å²) in [4.78, 5) is 38.4. The number of nitrogens with zero attached hydrogens (tertiary/aromatic N) is 1. The maximum Gasteiger partial charge on any atom is 0.325 e.